The maximum Gasteiger partial charge on any atom is 0.255 e. The number of sulfonamides is 1. The molecule has 0 spiro atoms. The molecule has 3 aromatic carbocycles. The van der Waals surface area contributed by atoms with Gasteiger partial charge in [-0.2, -0.15) is 0 Å². The second kappa shape index (κ2) is 6.69. The Balaban J connectivity index is 1.57. The van der Waals surface area contributed by atoms with Gasteiger partial charge in [0.05, 0.1) is 11.9 Å². The molecule has 0 aliphatic rings. The average molecular weight is 394 g/mol. The Kier molecular flexibility index (Phi) is 4.31. The number of carbonyl (C=O) groups is 1. The van der Waals surface area contributed by atoms with Crippen LogP contribution in [-0.4, -0.2) is 27.6 Å². The van der Waals surface area contributed by atoms with E-state index < -0.39 is 10.0 Å². The molecule has 0 atom stereocenters. The molecule has 0 unspecified atom stereocenters. The quantitative estimate of drug-likeness (QED) is 0.562. The van der Waals surface area contributed by atoms with Gasteiger partial charge >= 0.3 is 0 Å². The number of benzene rings is 3. The number of rotatable bonds is 4. The van der Waals surface area contributed by atoms with Crippen molar-refractivity contribution in [2.45, 2.75) is 0 Å². The van der Waals surface area contributed by atoms with E-state index in [1.165, 1.54) is 7.05 Å². The van der Waals surface area contributed by atoms with Gasteiger partial charge in [0.25, 0.3) is 5.91 Å². The fourth-order valence-electron chi connectivity index (χ4n) is 3.02. The maximum atomic E-state index is 12.5. The molecule has 6 nitrogen and oxygen atoms in total. The Bertz CT molecular complexity index is 1290. The third-order valence-electron chi connectivity index (χ3n) is 4.63. The zero-order chi connectivity index (χ0) is 19.9. The van der Waals surface area contributed by atoms with Gasteiger partial charge in [0.15, 0.2) is 0 Å². The number of hydrogen-bond acceptors (Lipinski definition) is 4. The van der Waals surface area contributed by atoms with Crippen molar-refractivity contribution >= 4 is 49.2 Å². The number of hydrogen-bond donors (Lipinski definition) is 1. The second-order valence-corrected chi connectivity index (χ2v) is 8.55. The van der Waals surface area contributed by atoms with Crippen molar-refractivity contribution in [2.75, 3.05) is 22.9 Å². The lowest BCUT2D eigenvalue weighted by molar-refractivity contribution is 0.102. The predicted molar refractivity (Wildman–Crippen MR) is 111 cm³/mol. The molecule has 0 fully saturated rings. The van der Waals surface area contributed by atoms with Gasteiger partial charge in [-0.3, -0.25) is 9.10 Å². The Labute approximate surface area is 162 Å². The van der Waals surface area contributed by atoms with Gasteiger partial charge < -0.3 is 9.73 Å². The van der Waals surface area contributed by atoms with Crippen LogP contribution in [-0.2, 0) is 10.0 Å². The molecule has 1 amide bonds. The zero-order valence-corrected chi connectivity index (χ0v) is 16.2. The summed E-state index contributed by atoms with van der Waals surface area (Å²) in [6, 6.07) is 19.7. The summed E-state index contributed by atoms with van der Waals surface area (Å²) in [5.74, 6) is -0.288. The van der Waals surface area contributed by atoms with Crippen LogP contribution in [0.5, 0.6) is 0 Å². The van der Waals surface area contributed by atoms with E-state index in [4.69, 9.17) is 4.42 Å². The number of furan rings is 1. The topological polar surface area (TPSA) is 79.6 Å². The van der Waals surface area contributed by atoms with Crippen LogP contribution in [0.1, 0.15) is 10.4 Å². The highest BCUT2D eigenvalue weighted by Gasteiger charge is 2.13. The first-order valence-electron chi connectivity index (χ1n) is 8.59. The largest absolute Gasteiger partial charge is 0.456 e. The van der Waals surface area contributed by atoms with E-state index in [0.29, 0.717) is 22.5 Å². The van der Waals surface area contributed by atoms with E-state index in [1.807, 2.05) is 36.4 Å². The molecular formula is C21H18N2O4S. The third-order valence-corrected chi connectivity index (χ3v) is 5.83. The number of nitrogens with one attached hydrogen (secondary N) is 1. The molecule has 0 radical (unpaired) electrons. The highest BCUT2D eigenvalue weighted by atomic mass is 32.2. The summed E-state index contributed by atoms with van der Waals surface area (Å²) in [5, 5.41) is 4.86. The van der Waals surface area contributed by atoms with Crippen LogP contribution >= 0.6 is 0 Å². The molecule has 1 N–H and O–H groups in total. The van der Waals surface area contributed by atoms with E-state index in [1.54, 1.807) is 30.3 Å². The molecule has 4 aromatic rings. The van der Waals surface area contributed by atoms with Crippen molar-refractivity contribution in [3.63, 3.8) is 0 Å². The zero-order valence-electron chi connectivity index (χ0n) is 15.3. The number of para-hydroxylation sites is 1. The van der Waals surface area contributed by atoms with Crippen LogP contribution in [0, 0.1) is 0 Å². The maximum absolute atomic E-state index is 12.5. The van der Waals surface area contributed by atoms with E-state index in [9.17, 15) is 13.2 Å². The molecule has 28 heavy (non-hydrogen) atoms. The molecule has 1 aromatic heterocycles. The van der Waals surface area contributed by atoms with Crippen LogP contribution < -0.4 is 9.62 Å². The number of nitrogens with zero attached hydrogens (tertiary/aromatic N) is 1. The van der Waals surface area contributed by atoms with Gasteiger partial charge in [-0.25, -0.2) is 8.42 Å². The minimum atomic E-state index is -3.35. The van der Waals surface area contributed by atoms with Crippen LogP contribution in [0.2, 0.25) is 0 Å². The summed E-state index contributed by atoms with van der Waals surface area (Å²) in [5.41, 5.74) is 3.03. The van der Waals surface area contributed by atoms with Crippen molar-refractivity contribution in [1.29, 1.82) is 0 Å². The lowest BCUT2D eigenvalue weighted by Gasteiger charge is -2.16. The fourth-order valence-corrected chi connectivity index (χ4v) is 3.53. The standard InChI is InChI=1S/C21H18N2O4S/c1-23(28(2,25)26)16-10-7-14(8-11-16)21(24)22-15-9-12-18-17-5-3-4-6-19(17)27-20(18)13-15/h3-13H,1-2H3,(H,22,24). The van der Waals surface area contributed by atoms with Crippen LogP contribution in [0.15, 0.2) is 71.1 Å². The Hall–Kier alpha value is -3.32. The number of amides is 1. The molecule has 7 heteroatoms. The predicted octanol–water partition coefficient (Wildman–Crippen LogP) is 4.23. The van der Waals surface area contributed by atoms with Crippen molar-refractivity contribution in [2.24, 2.45) is 0 Å². The van der Waals surface area contributed by atoms with Crippen molar-refractivity contribution in [3.8, 4) is 0 Å². The number of anilines is 2. The second-order valence-electron chi connectivity index (χ2n) is 6.54. The molecule has 1 heterocycles. The summed E-state index contributed by atoms with van der Waals surface area (Å²) in [7, 11) is -1.88. The van der Waals surface area contributed by atoms with Gasteiger partial charge in [0, 0.05) is 35.1 Å². The van der Waals surface area contributed by atoms with Gasteiger partial charge in [0.1, 0.15) is 11.2 Å². The first-order valence-corrected chi connectivity index (χ1v) is 10.4. The van der Waals surface area contributed by atoms with Crippen molar-refractivity contribution < 1.29 is 17.6 Å². The van der Waals surface area contributed by atoms with E-state index >= 15 is 0 Å². The SMILES string of the molecule is CN(c1ccc(C(=O)Nc2ccc3c(c2)oc2ccccc23)cc1)S(C)(=O)=O. The number of carbonyl (C=O) groups excluding carboxylic acids is 1. The molecule has 0 bridgehead atoms. The minimum absolute atomic E-state index is 0.288. The summed E-state index contributed by atoms with van der Waals surface area (Å²) in [6.45, 7) is 0. The summed E-state index contributed by atoms with van der Waals surface area (Å²) in [4.78, 5) is 12.5. The van der Waals surface area contributed by atoms with Crippen molar-refractivity contribution in [3.05, 3.63) is 72.3 Å². The molecule has 0 saturated heterocycles. The highest BCUT2D eigenvalue weighted by molar-refractivity contribution is 7.92. The van der Waals surface area contributed by atoms with Gasteiger partial charge in [-0.1, -0.05) is 18.2 Å². The normalized spacial score (nSPS) is 11.6. The summed E-state index contributed by atoms with van der Waals surface area (Å²) < 4.78 is 30.2. The third kappa shape index (κ3) is 3.32. The molecular weight excluding hydrogens is 376 g/mol. The summed E-state index contributed by atoms with van der Waals surface area (Å²) >= 11 is 0. The molecule has 142 valence electrons. The van der Waals surface area contributed by atoms with E-state index in [-0.39, 0.29) is 5.91 Å². The van der Waals surface area contributed by atoms with Gasteiger partial charge in [-0.15, -0.1) is 0 Å². The monoisotopic (exact) mass is 394 g/mol. The minimum Gasteiger partial charge on any atom is -0.456 e. The highest BCUT2D eigenvalue weighted by Crippen LogP contribution is 2.30. The Morgan fingerprint density at radius 1 is 0.929 bits per heavy atom. The molecule has 0 aliphatic carbocycles. The fraction of sp³-hybridized carbons (Fsp3) is 0.0952. The average Bonchev–Trinajstić information content (AvgIpc) is 3.04. The first-order chi connectivity index (χ1) is 13.3. The first kappa shape index (κ1) is 18.1. The lowest BCUT2D eigenvalue weighted by atomic mass is 10.1. The van der Waals surface area contributed by atoms with Crippen LogP contribution in [0.4, 0.5) is 11.4 Å². The van der Waals surface area contributed by atoms with E-state index in [0.717, 1.165) is 26.9 Å². The Morgan fingerprint density at radius 2 is 1.61 bits per heavy atom. The Morgan fingerprint density at radius 3 is 2.32 bits per heavy atom. The summed E-state index contributed by atoms with van der Waals surface area (Å²) in [6.07, 6.45) is 1.13. The van der Waals surface area contributed by atoms with Gasteiger partial charge in [-0.05, 0) is 42.5 Å². The smallest absolute Gasteiger partial charge is 0.255 e. The van der Waals surface area contributed by atoms with Crippen LogP contribution in [0.3, 0.4) is 0 Å². The van der Waals surface area contributed by atoms with Gasteiger partial charge in [0.2, 0.25) is 10.0 Å². The van der Waals surface area contributed by atoms with E-state index in [2.05, 4.69) is 5.32 Å². The lowest BCUT2D eigenvalue weighted by Crippen LogP contribution is -2.24. The van der Waals surface area contributed by atoms with Crippen LogP contribution in [0.25, 0.3) is 21.9 Å². The molecule has 0 saturated carbocycles. The molecule has 0 aliphatic heterocycles. The molecule has 4 rings (SSSR count). The number of fused-ring (bicyclic) bond motifs is 3. The van der Waals surface area contributed by atoms with Crippen molar-refractivity contribution in [1.82, 2.24) is 0 Å².